The van der Waals surface area contributed by atoms with Gasteiger partial charge in [0.1, 0.15) is 11.2 Å². The molecule has 23 heavy (non-hydrogen) atoms. The molecule has 0 aliphatic carbocycles. The van der Waals surface area contributed by atoms with Gasteiger partial charge in [-0.05, 0) is 42.7 Å². The summed E-state index contributed by atoms with van der Waals surface area (Å²) in [7, 11) is 0. The number of nitrogens with two attached hydrogens (primary N) is 1. The lowest BCUT2D eigenvalue weighted by molar-refractivity contribution is 0.0996. The zero-order valence-electron chi connectivity index (χ0n) is 13.0. The number of pyridine rings is 1. The van der Waals surface area contributed by atoms with Crippen molar-refractivity contribution in [3.63, 3.8) is 0 Å². The van der Waals surface area contributed by atoms with Gasteiger partial charge in [-0.3, -0.25) is 4.79 Å². The van der Waals surface area contributed by atoms with Crippen molar-refractivity contribution in [2.45, 2.75) is 20.3 Å². The third kappa shape index (κ3) is 3.05. The third-order valence-electron chi connectivity index (χ3n) is 3.50. The minimum Gasteiger partial charge on any atom is -0.364 e. The van der Waals surface area contributed by atoms with Crippen LogP contribution in [0.4, 0.5) is 0 Å². The molecule has 0 bridgehead atoms. The highest BCUT2D eigenvalue weighted by Crippen LogP contribution is 2.24. The number of primary amides is 1. The Morgan fingerprint density at radius 2 is 2.09 bits per heavy atom. The molecule has 2 aromatic heterocycles. The fourth-order valence-corrected chi connectivity index (χ4v) is 2.71. The van der Waals surface area contributed by atoms with Crippen LogP contribution in [0, 0.1) is 5.92 Å². The van der Waals surface area contributed by atoms with E-state index in [9.17, 15) is 4.79 Å². The Morgan fingerprint density at radius 1 is 1.30 bits per heavy atom. The Morgan fingerprint density at radius 3 is 2.74 bits per heavy atom. The molecule has 5 nitrogen and oxygen atoms in total. The number of amides is 1. The van der Waals surface area contributed by atoms with E-state index >= 15 is 0 Å². The molecule has 0 saturated carbocycles. The van der Waals surface area contributed by atoms with Crippen LogP contribution in [0.3, 0.4) is 0 Å². The van der Waals surface area contributed by atoms with Gasteiger partial charge in [0.2, 0.25) is 0 Å². The summed E-state index contributed by atoms with van der Waals surface area (Å²) < 4.78 is 1.80. The van der Waals surface area contributed by atoms with E-state index in [4.69, 9.17) is 17.3 Å². The molecule has 3 aromatic rings. The molecule has 6 heteroatoms. The second-order valence-corrected chi connectivity index (χ2v) is 6.30. The zero-order chi connectivity index (χ0) is 16.6. The van der Waals surface area contributed by atoms with Gasteiger partial charge in [0.05, 0.1) is 16.9 Å². The second kappa shape index (κ2) is 6.01. The molecule has 0 aliphatic heterocycles. The Bertz CT molecular complexity index is 885. The standard InChI is InChI=1S/C17H17ClN4O/c1-10(2)8-14-16-15(7-6-13(20-16)17(19)23)22(21-14)12-5-3-4-11(18)9-12/h3-7,9-10H,8H2,1-2H3,(H2,19,23). The van der Waals surface area contributed by atoms with Gasteiger partial charge in [0, 0.05) is 5.02 Å². The lowest BCUT2D eigenvalue weighted by Crippen LogP contribution is -2.13. The molecular weight excluding hydrogens is 312 g/mol. The molecule has 0 aliphatic rings. The summed E-state index contributed by atoms with van der Waals surface area (Å²) in [6, 6.07) is 10.9. The van der Waals surface area contributed by atoms with Gasteiger partial charge in [-0.15, -0.1) is 0 Å². The highest BCUT2D eigenvalue weighted by molar-refractivity contribution is 6.30. The molecule has 0 fully saturated rings. The van der Waals surface area contributed by atoms with Crippen LogP contribution in [0.15, 0.2) is 36.4 Å². The van der Waals surface area contributed by atoms with E-state index in [0.717, 1.165) is 23.3 Å². The van der Waals surface area contributed by atoms with Crippen molar-refractivity contribution < 1.29 is 4.79 Å². The summed E-state index contributed by atoms with van der Waals surface area (Å²) in [5, 5.41) is 5.32. The number of halogens is 1. The van der Waals surface area contributed by atoms with Gasteiger partial charge in [-0.2, -0.15) is 5.10 Å². The fourth-order valence-electron chi connectivity index (χ4n) is 2.52. The predicted octanol–water partition coefficient (Wildman–Crippen LogP) is 3.37. The van der Waals surface area contributed by atoms with Crippen LogP contribution >= 0.6 is 11.6 Å². The van der Waals surface area contributed by atoms with E-state index in [1.807, 2.05) is 30.3 Å². The number of benzene rings is 1. The molecule has 2 N–H and O–H groups in total. The van der Waals surface area contributed by atoms with Crippen molar-refractivity contribution in [2.24, 2.45) is 11.7 Å². The first-order valence-corrected chi connectivity index (χ1v) is 7.78. The molecule has 1 amide bonds. The van der Waals surface area contributed by atoms with Gasteiger partial charge < -0.3 is 5.73 Å². The number of carbonyl (C=O) groups is 1. The average Bonchev–Trinajstić information content (AvgIpc) is 2.84. The number of carbonyl (C=O) groups excluding carboxylic acids is 1. The maximum absolute atomic E-state index is 11.4. The number of hydrogen-bond donors (Lipinski definition) is 1. The summed E-state index contributed by atoms with van der Waals surface area (Å²) in [4.78, 5) is 15.8. The van der Waals surface area contributed by atoms with E-state index in [1.165, 1.54) is 0 Å². The van der Waals surface area contributed by atoms with Crippen LogP contribution in [0.2, 0.25) is 5.02 Å². The molecule has 3 rings (SSSR count). The van der Waals surface area contributed by atoms with Crippen molar-refractivity contribution in [3.05, 3.63) is 52.8 Å². The van der Waals surface area contributed by atoms with Crippen LogP contribution in [0.5, 0.6) is 0 Å². The highest BCUT2D eigenvalue weighted by Gasteiger charge is 2.16. The van der Waals surface area contributed by atoms with Gasteiger partial charge >= 0.3 is 0 Å². The largest absolute Gasteiger partial charge is 0.364 e. The topological polar surface area (TPSA) is 73.8 Å². The summed E-state index contributed by atoms with van der Waals surface area (Å²) in [6.45, 7) is 4.23. The van der Waals surface area contributed by atoms with Crippen LogP contribution in [0.25, 0.3) is 16.7 Å². The summed E-state index contributed by atoms with van der Waals surface area (Å²) in [5.41, 5.74) is 8.82. The SMILES string of the molecule is CC(C)Cc1nn(-c2cccc(Cl)c2)c2ccc(C(N)=O)nc12. The molecular formula is C17H17ClN4O. The Labute approximate surface area is 139 Å². The molecule has 0 atom stereocenters. The van der Waals surface area contributed by atoms with E-state index in [0.29, 0.717) is 16.5 Å². The molecule has 0 radical (unpaired) electrons. The maximum Gasteiger partial charge on any atom is 0.267 e. The van der Waals surface area contributed by atoms with Crippen molar-refractivity contribution >= 4 is 28.5 Å². The van der Waals surface area contributed by atoms with E-state index in [1.54, 1.807) is 10.7 Å². The Balaban J connectivity index is 2.24. The van der Waals surface area contributed by atoms with E-state index in [2.05, 4.69) is 23.9 Å². The first-order valence-electron chi connectivity index (χ1n) is 7.40. The zero-order valence-corrected chi connectivity index (χ0v) is 13.7. The number of hydrogen-bond acceptors (Lipinski definition) is 3. The normalized spacial score (nSPS) is 11.3. The van der Waals surface area contributed by atoms with Crippen LogP contribution in [-0.2, 0) is 6.42 Å². The summed E-state index contributed by atoms with van der Waals surface area (Å²) in [6.07, 6.45) is 0.763. The molecule has 0 saturated heterocycles. The molecule has 2 heterocycles. The lowest BCUT2D eigenvalue weighted by Gasteiger charge is -2.03. The second-order valence-electron chi connectivity index (χ2n) is 5.86. The van der Waals surface area contributed by atoms with Crippen molar-refractivity contribution in [3.8, 4) is 5.69 Å². The first-order chi connectivity index (χ1) is 11.0. The van der Waals surface area contributed by atoms with Crippen LogP contribution < -0.4 is 5.73 Å². The molecule has 118 valence electrons. The number of nitrogens with zero attached hydrogens (tertiary/aromatic N) is 3. The number of fused-ring (bicyclic) bond motifs is 1. The van der Waals surface area contributed by atoms with Crippen LogP contribution in [0.1, 0.15) is 30.0 Å². The number of aromatic nitrogens is 3. The highest BCUT2D eigenvalue weighted by atomic mass is 35.5. The van der Waals surface area contributed by atoms with Gasteiger partial charge in [0.15, 0.2) is 0 Å². The van der Waals surface area contributed by atoms with E-state index < -0.39 is 5.91 Å². The summed E-state index contributed by atoms with van der Waals surface area (Å²) >= 11 is 6.09. The van der Waals surface area contributed by atoms with Crippen molar-refractivity contribution in [1.82, 2.24) is 14.8 Å². The van der Waals surface area contributed by atoms with Gasteiger partial charge in [-0.25, -0.2) is 9.67 Å². The van der Waals surface area contributed by atoms with E-state index in [-0.39, 0.29) is 5.69 Å². The van der Waals surface area contributed by atoms with Crippen molar-refractivity contribution in [2.75, 3.05) is 0 Å². The summed E-state index contributed by atoms with van der Waals surface area (Å²) in [5.74, 6) is -0.127. The minimum atomic E-state index is -0.544. The quantitative estimate of drug-likeness (QED) is 0.798. The first kappa shape index (κ1) is 15.5. The minimum absolute atomic E-state index is 0.244. The molecule has 1 aromatic carbocycles. The monoisotopic (exact) mass is 328 g/mol. The van der Waals surface area contributed by atoms with Gasteiger partial charge in [-0.1, -0.05) is 31.5 Å². The third-order valence-corrected chi connectivity index (χ3v) is 3.74. The van der Waals surface area contributed by atoms with Gasteiger partial charge in [0.25, 0.3) is 5.91 Å². The van der Waals surface area contributed by atoms with Crippen molar-refractivity contribution in [1.29, 1.82) is 0 Å². The Hall–Kier alpha value is -2.40. The fraction of sp³-hybridized carbons (Fsp3) is 0.235. The smallest absolute Gasteiger partial charge is 0.267 e. The maximum atomic E-state index is 11.4. The van der Waals surface area contributed by atoms with Crippen LogP contribution in [-0.4, -0.2) is 20.7 Å². The molecule has 0 spiro atoms. The number of rotatable bonds is 4. The molecule has 0 unspecified atom stereocenters. The predicted molar refractivity (Wildman–Crippen MR) is 90.9 cm³/mol. The average molecular weight is 329 g/mol. The Kier molecular flexibility index (Phi) is 4.05. The lowest BCUT2D eigenvalue weighted by atomic mass is 10.1.